The number of nitrogens with zero attached hydrogens (tertiary/aromatic N) is 1. The molecule has 2 heterocycles. The van der Waals surface area contributed by atoms with Crippen LogP contribution >= 0.6 is 0 Å². The molecule has 1 aromatic carbocycles. The van der Waals surface area contributed by atoms with Crippen LogP contribution in [-0.2, 0) is 25.2 Å². The lowest BCUT2D eigenvalue weighted by Gasteiger charge is -2.63. The number of alkyl carbamates (subject to hydrolysis) is 1. The minimum atomic E-state index is -0.538. The third-order valence-electron chi connectivity index (χ3n) is 8.82. The third kappa shape index (κ3) is 5.35. The van der Waals surface area contributed by atoms with Crippen molar-refractivity contribution in [2.24, 2.45) is 23.2 Å². The summed E-state index contributed by atoms with van der Waals surface area (Å²) in [6.45, 7) is 13.7. The fourth-order valence-electron chi connectivity index (χ4n) is 6.54. The molecule has 0 aromatic heterocycles. The second-order valence-corrected chi connectivity index (χ2v) is 13.2. The highest BCUT2D eigenvalue weighted by Gasteiger charge is 2.67. The second-order valence-electron chi connectivity index (χ2n) is 13.2. The molecule has 1 aromatic rings. The van der Waals surface area contributed by atoms with Crippen molar-refractivity contribution >= 4 is 19.3 Å². The van der Waals surface area contributed by atoms with Crippen molar-refractivity contribution in [3.63, 3.8) is 0 Å². The van der Waals surface area contributed by atoms with Crippen LogP contribution in [0.5, 0.6) is 0 Å². The van der Waals surface area contributed by atoms with E-state index in [1.54, 1.807) is 4.90 Å². The van der Waals surface area contributed by atoms with Crippen molar-refractivity contribution in [3.8, 4) is 0 Å². The molecule has 5 fully saturated rings. The van der Waals surface area contributed by atoms with Crippen LogP contribution < -0.4 is 5.32 Å². The molecule has 37 heavy (non-hydrogen) atoms. The summed E-state index contributed by atoms with van der Waals surface area (Å²) in [5.41, 5.74) is 0.503. The molecule has 0 radical (unpaired) electrons. The van der Waals surface area contributed by atoms with Crippen molar-refractivity contribution in [1.82, 2.24) is 10.2 Å². The molecule has 3 aliphatic carbocycles. The Kier molecular flexibility index (Phi) is 6.76. The Hall–Kier alpha value is -2.26. The van der Waals surface area contributed by atoms with Crippen molar-refractivity contribution < 1.29 is 28.4 Å². The molecule has 202 valence electrons. The van der Waals surface area contributed by atoms with Gasteiger partial charge in [-0.3, -0.25) is 0 Å². The monoisotopic (exact) mass is 512 g/mol. The van der Waals surface area contributed by atoms with E-state index < -0.39 is 18.8 Å². The lowest BCUT2D eigenvalue weighted by molar-refractivity contribution is -0.185. The molecule has 5 aliphatic rings. The van der Waals surface area contributed by atoms with E-state index in [0.29, 0.717) is 31.3 Å². The molecule has 8 nitrogen and oxygen atoms in total. The van der Waals surface area contributed by atoms with E-state index in [-0.39, 0.29) is 41.7 Å². The van der Waals surface area contributed by atoms with Gasteiger partial charge in [0.2, 0.25) is 0 Å². The van der Waals surface area contributed by atoms with Gasteiger partial charge in [0.05, 0.1) is 24.3 Å². The predicted octanol–water partition coefficient (Wildman–Crippen LogP) is 4.46. The Labute approximate surface area is 220 Å². The highest BCUT2D eigenvalue weighted by atomic mass is 16.7. The summed E-state index contributed by atoms with van der Waals surface area (Å²) < 4.78 is 24.1. The van der Waals surface area contributed by atoms with Crippen LogP contribution in [0.4, 0.5) is 9.59 Å². The number of benzene rings is 1. The van der Waals surface area contributed by atoms with Gasteiger partial charge in [0.1, 0.15) is 5.60 Å². The minimum Gasteiger partial charge on any atom is -0.449 e. The molecule has 3 saturated carbocycles. The zero-order valence-corrected chi connectivity index (χ0v) is 23.0. The molecule has 0 unspecified atom stereocenters. The maximum absolute atomic E-state index is 12.9. The zero-order chi connectivity index (χ0) is 26.6. The summed E-state index contributed by atoms with van der Waals surface area (Å²) in [6.07, 6.45) is 1.95. The summed E-state index contributed by atoms with van der Waals surface area (Å²) in [5.74, 6) is 0.837. The van der Waals surface area contributed by atoms with E-state index >= 15 is 0 Å². The Morgan fingerprint density at radius 1 is 1.19 bits per heavy atom. The molecule has 2 saturated heterocycles. The highest BCUT2D eigenvalue weighted by Crippen LogP contribution is 2.64. The van der Waals surface area contributed by atoms with E-state index in [2.05, 4.69) is 26.1 Å². The standard InChI is InChI=1S/C28H41BN2O6/c1-26(2,3)35-25(33)31-15-19(16-31)17-34-24(32)30-22(12-18-10-8-7-9-11-18)29-36-23-21-13-20(27(21,4)5)14-28(23,6)37-29/h7-11,19-23H,12-17H2,1-6H3,(H,30,32)/t20-,21+,22-,23-,28+/m0/s1. The van der Waals surface area contributed by atoms with Crippen LogP contribution in [-0.4, -0.2) is 67.1 Å². The van der Waals surface area contributed by atoms with Gasteiger partial charge in [-0.15, -0.1) is 0 Å². The number of ether oxygens (including phenoxy) is 2. The molecule has 0 spiro atoms. The number of hydrogen-bond donors (Lipinski definition) is 1. The lowest BCUT2D eigenvalue weighted by Crippen LogP contribution is -2.63. The molecular formula is C28H41BN2O6. The Morgan fingerprint density at radius 2 is 1.89 bits per heavy atom. The summed E-state index contributed by atoms with van der Waals surface area (Å²) in [4.78, 5) is 26.6. The summed E-state index contributed by atoms with van der Waals surface area (Å²) in [7, 11) is -0.538. The lowest BCUT2D eigenvalue weighted by atomic mass is 9.45. The smallest absolute Gasteiger partial charge is 0.449 e. The van der Waals surface area contributed by atoms with Gasteiger partial charge in [-0.2, -0.15) is 0 Å². The third-order valence-corrected chi connectivity index (χ3v) is 8.82. The molecule has 2 amide bonds. The van der Waals surface area contributed by atoms with Crippen LogP contribution in [0.15, 0.2) is 30.3 Å². The first-order valence-corrected chi connectivity index (χ1v) is 13.6. The van der Waals surface area contributed by atoms with Crippen LogP contribution in [0.25, 0.3) is 0 Å². The topological polar surface area (TPSA) is 86.3 Å². The van der Waals surface area contributed by atoms with E-state index in [1.165, 1.54) is 6.42 Å². The van der Waals surface area contributed by atoms with E-state index in [4.69, 9.17) is 18.8 Å². The molecule has 5 atom stereocenters. The summed E-state index contributed by atoms with van der Waals surface area (Å²) in [5, 5.41) is 3.04. The van der Waals surface area contributed by atoms with Crippen LogP contribution in [0.2, 0.25) is 0 Å². The van der Waals surface area contributed by atoms with E-state index in [9.17, 15) is 9.59 Å². The molecule has 2 aliphatic heterocycles. The Bertz CT molecular complexity index is 1010. The average molecular weight is 512 g/mol. The SMILES string of the molecule is CC(C)(C)OC(=O)N1CC(COC(=O)N[C@@H](Cc2ccccc2)B2O[C@H]3[C@H]4C[C@@H](C[C@@]3(C)O2)C4(C)C)C1. The number of amides is 2. The number of hydrogen-bond acceptors (Lipinski definition) is 6. The number of carbonyl (C=O) groups is 2. The van der Waals surface area contributed by atoms with Crippen molar-refractivity contribution in [2.75, 3.05) is 19.7 Å². The van der Waals surface area contributed by atoms with Crippen molar-refractivity contribution in [1.29, 1.82) is 0 Å². The first-order valence-electron chi connectivity index (χ1n) is 13.6. The molecule has 1 N–H and O–H groups in total. The molecular weight excluding hydrogens is 471 g/mol. The molecule has 6 rings (SSSR count). The predicted molar refractivity (Wildman–Crippen MR) is 140 cm³/mol. The van der Waals surface area contributed by atoms with Gasteiger partial charge < -0.3 is 29.0 Å². The maximum atomic E-state index is 12.9. The quantitative estimate of drug-likeness (QED) is 0.567. The van der Waals surface area contributed by atoms with Gasteiger partial charge in [-0.25, -0.2) is 9.59 Å². The number of carbonyl (C=O) groups excluding carboxylic acids is 2. The van der Waals surface area contributed by atoms with Crippen LogP contribution in [0.3, 0.4) is 0 Å². The number of nitrogens with one attached hydrogen (secondary N) is 1. The fraction of sp³-hybridized carbons (Fsp3) is 0.714. The summed E-state index contributed by atoms with van der Waals surface area (Å²) >= 11 is 0. The Balaban J connectivity index is 1.17. The summed E-state index contributed by atoms with van der Waals surface area (Å²) in [6, 6.07) is 10.1. The van der Waals surface area contributed by atoms with E-state index in [0.717, 1.165) is 12.0 Å². The van der Waals surface area contributed by atoms with Crippen LogP contribution in [0.1, 0.15) is 59.9 Å². The maximum Gasteiger partial charge on any atom is 0.482 e. The zero-order valence-electron chi connectivity index (χ0n) is 23.0. The van der Waals surface area contributed by atoms with Gasteiger partial charge in [-0.05, 0) is 69.8 Å². The van der Waals surface area contributed by atoms with Gasteiger partial charge in [0.25, 0.3) is 0 Å². The van der Waals surface area contributed by atoms with Gasteiger partial charge in [-0.1, -0.05) is 44.2 Å². The van der Waals surface area contributed by atoms with Gasteiger partial charge in [0, 0.05) is 19.0 Å². The first-order chi connectivity index (χ1) is 17.3. The fourth-order valence-corrected chi connectivity index (χ4v) is 6.54. The van der Waals surface area contributed by atoms with Crippen molar-refractivity contribution in [2.45, 2.75) is 84.1 Å². The van der Waals surface area contributed by atoms with Gasteiger partial charge >= 0.3 is 19.3 Å². The second kappa shape index (κ2) is 9.49. The van der Waals surface area contributed by atoms with Crippen molar-refractivity contribution in [3.05, 3.63) is 35.9 Å². The molecule has 2 bridgehead atoms. The Morgan fingerprint density at radius 3 is 2.54 bits per heavy atom. The average Bonchev–Trinajstić information content (AvgIpc) is 3.14. The van der Waals surface area contributed by atoms with Gasteiger partial charge in [0.15, 0.2) is 0 Å². The molecule has 9 heteroatoms. The highest BCUT2D eigenvalue weighted by molar-refractivity contribution is 6.47. The normalized spacial score (nSPS) is 31.0. The van der Waals surface area contributed by atoms with E-state index in [1.807, 2.05) is 51.1 Å². The number of likely N-dealkylation sites (tertiary alicyclic amines) is 1. The minimum absolute atomic E-state index is 0.0300. The number of rotatable bonds is 6. The first kappa shape index (κ1) is 26.4. The largest absolute Gasteiger partial charge is 0.482 e. The van der Waals surface area contributed by atoms with Crippen LogP contribution in [0, 0.1) is 23.2 Å².